The molecule has 0 saturated carbocycles. The van der Waals surface area contributed by atoms with Crippen molar-refractivity contribution in [2.75, 3.05) is 22.5 Å². The lowest BCUT2D eigenvalue weighted by atomic mass is 10.1. The summed E-state index contributed by atoms with van der Waals surface area (Å²) in [7, 11) is -2.50. The summed E-state index contributed by atoms with van der Waals surface area (Å²) in [5.74, 6) is -0.0362. The van der Waals surface area contributed by atoms with Crippen LogP contribution in [0.2, 0.25) is 0 Å². The van der Waals surface area contributed by atoms with E-state index in [1.54, 1.807) is 67.6 Å². The van der Waals surface area contributed by atoms with Crippen molar-refractivity contribution in [3.63, 3.8) is 0 Å². The Morgan fingerprint density at radius 1 is 0.886 bits per heavy atom. The van der Waals surface area contributed by atoms with Crippen LogP contribution in [0.25, 0.3) is 0 Å². The zero-order chi connectivity index (χ0) is 25.6. The number of methoxy groups -OCH3 is 1. The molecule has 10 heteroatoms. The number of aryl methyl sites for hydroxylation is 1. The summed E-state index contributed by atoms with van der Waals surface area (Å²) < 4.78 is 33.9. The van der Waals surface area contributed by atoms with Crippen LogP contribution in [0.15, 0.2) is 71.6 Å². The number of hydrogen-bond donors (Lipinski definition) is 4. The Kier molecular flexibility index (Phi) is 7.98. The largest absolute Gasteiger partial charge is 0.495 e. The maximum Gasteiger partial charge on any atom is 0.319 e. The van der Waals surface area contributed by atoms with Crippen molar-refractivity contribution in [2.45, 2.75) is 31.7 Å². The highest BCUT2D eigenvalue weighted by Crippen LogP contribution is 2.28. The molecule has 0 aliphatic carbocycles. The number of amides is 3. The number of benzene rings is 3. The van der Waals surface area contributed by atoms with E-state index in [9.17, 15) is 18.0 Å². The van der Waals surface area contributed by atoms with Crippen molar-refractivity contribution in [1.29, 1.82) is 0 Å². The van der Waals surface area contributed by atoms with E-state index in [0.29, 0.717) is 33.9 Å². The van der Waals surface area contributed by atoms with Gasteiger partial charge in [-0.3, -0.25) is 9.52 Å². The normalized spacial score (nSPS) is 11.0. The minimum atomic E-state index is -3.95. The second kappa shape index (κ2) is 10.9. The highest BCUT2D eigenvalue weighted by atomic mass is 32.2. The van der Waals surface area contributed by atoms with Gasteiger partial charge in [-0.2, -0.15) is 0 Å². The molecule has 0 atom stereocenters. The van der Waals surface area contributed by atoms with Crippen LogP contribution in [0.4, 0.5) is 21.9 Å². The number of rotatable bonds is 8. The highest BCUT2D eigenvalue weighted by Gasteiger charge is 2.20. The first-order valence-electron chi connectivity index (χ1n) is 10.8. The molecule has 0 unspecified atom stereocenters. The third kappa shape index (κ3) is 6.73. The van der Waals surface area contributed by atoms with Gasteiger partial charge >= 0.3 is 6.03 Å². The van der Waals surface area contributed by atoms with Gasteiger partial charge in [0.25, 0.3) is 15.9 Å². The maximum absolute atomic E-state index is 13.1. The molecule has 0 fully saturated rings. The number of carbonyl (C=O) groups excluding carboxylic acids is 2. The Morgan fingerprint density at radius 2 is 1.54 bits per heavy atom. The van der Waals surface area contributed by atoms with Gasteiger partial charge in [-0.1, -0.05) is 18.2 Å². The van der Waals surface area contributed by atoms with Gasteiger partial charge in [0, 0.05) is 23.0 Å². The Labute approximate surface area is 204 Å². The summed E-state index contributed by atoms with van der Waals surface area (Å²) >= 11 is 0. The van der Waals surface area contributed by atoms with Gasteiger partial charge in [-0.15, -0.1) is 0 Å². The Hall–Kier alpha value is -4.05. The molecule has 0 heterocycles. The van der Waals surface area contributed by atoms with Crippen LogP contribution in [-0.2, 0) is 10.0 Å². The van der Waals surface area contributed by atoms with E-state index in [-0.39, 0.29) is 17.0 Å². The lowest BCUT2D eigenvalue weighted by Crippen LogP contribution is -2.34. The van der Waals surface area contributed by atoms with Crippen LogP contribution in [0.3, 0.4) is 0 Å². The molecule has 0 spiro atoms. The first-order chi connectivity index (χ1) is 16.6. The molecule has 3 aromatic carbocycles. The molecular formula is C25H28N4O5S. The fourth-order valence-corrected chi connectivity index (χ4v) is 4.58. The van der Waals surface area contributed by atoms with Gasteiger partial charge in [-0.25, -0.2) is 13.2 Å². The fourth-order valence-electron chi connectivity index (χ4n) is 3.23. The van der Waals surface area contributed by atoms with Crippen LogP contribution in [0.5, 0.6) is 5.75 Å². The number of sulfonamides is 1. The molecule has 35 heavy (non-hydrogen) atoms. The number of ether oxygens (including phenoxy) is 1. The van der Waals surface area contributed by atoms with E-state index in [0.717, 1.165) is 0 Å². The van der Waals surface area contributed by atoms with Gasteiger partial charge in [0.1, 0.15) is 5.75 Å². The highest BCUT2D eigenvalue weighted by molar-refractivity contribution is 7.92. The molecule has 0 saturated heterocycles. The minimum Gasteiger partial charge on any atom is -0.495 e. The number of anilines is 3. The molecule has 0 aliphatic rings. The number of hydrogen-bond acceptors (Lipinski definition) is 5. The number of carbonyl (C=O) groups is 2. The van der Waals surface area contributed by atoms with E-state index in [1.165, 1.54) is 13.2 Å². The van der Waals surface area contributed by atoms with Crippen LogP contribution in [0, 0.1) is 6.92 Å². The number of nitrogens with one attached hydrogen (secondary N) is 4. The van der Waals surface area contributed by atoms with Crippen LogP contribution in [-0.4, -0.2) is 33.5 Å². The molecule has 0 aromatic heterocycles. The third-order valence-electron chi connectivity index (χ3n) is 4.91. The zero-order valence-electron chi connectivity index (χ0n) is 19.9. The second-order valence-corrected chi connectivity index (χ2v) is 9.72. The molecule has 9 nitrogen and oxygen atoms in total. The lowest BCUT2D eigenvalue weighted by Gasteiger charge is -2.14. The lowest BCUT2D eigenvalue weighted by molar-refractivity contribution is 0.102. The van der Waals surface area contributed by atoms with Gasteiger partial charge in [-0.05, 0) is 74.9 Å². The van der Waals surface area contributed by atoms with Crippen molar-refractivity contribution in [1.82, 2.24) is 5.32 Å². The maximum atomic E-state index is 13.1. The standard InChI is InChI=1S/C25H28N4O5S/c1-16(2)26-25(31)28-19-13-10-18(11-14-19)24(30)27-20-12-9-17(3)23(15-20)35(32,33)29-21-7-5-6-8-22(21)34-4/h5-16,29H,1-4H3,(H,27,30)(H2,26,28,31). The average Bonchev–Trinajstić information content (AvgIpc) is 2.80. The smallest absolute Gasteiger partial charge is 0.319 e. The van der Waals surface area contributed by atoms with E-state index >= 15 is 0 Å². The van der Waals surface area contributed by atoms with Crippen molar-refractivity contribution < 1.29 is 22.7 Å². The molecule has 0 aliphatic heterocycles. The van der Waals surface area contributed by atoms with Crippen molar-refractivity contribution in [3.8, 4) is 5.75 Å². The molecule has 184 valence electrons. The van der Waals surface area contributed by atoms with E-state index in [4.69, 9.17) is 4.74 Å². The topological polar surface area (TPSA) is 126 Å². The molecule has 0 bridgehead atoms. The molecule has 3 rings (SSSR count). The van der Waals surface area contributed by atoms with E-state index < -0.39 is 15.9 Å². The van der Waals surface area contributed by atoms with Gasteiger partial charge < -0.3 is 20.7 Å². The fraction of sp³-hybridized carbons (Fsp3) is 0.200. The molecular weight excluding hydrogens is 468 g/mol. The number of urea groups is 1. The predicted octanol–water partition coefficient (Wildman–Crippen LogP) is 4.59. The van der Waals surface area contributed by atoms with Gasteiger partial charge in [0.05, 0.1) is 17.7 Å². The van der Waals surface area contributed by atoms with Crippen molar-refractivity contribution in [2.24, 2.45) is 0 Å². The Bertz CT molecular complexity index is 1320. The minimum absolute atomic E-state index is 0.00631. The quantitative estimate of drug-likeness (QED) is 0.363. The first-order valence-corrected chi connectivity index (χ1v) is 12.3. The average molecular weight is 497 g/mol. The Morgan fingerprint density at radius 3 is 2.20 bits per heavy atom. The molecule has 3 aromatic rings. The van der Waals surface area contributed by atoms with Gasteiger partial charge in [0.2, 0.25) is 0 Å². The van der Waals surface area contributed by atoms with E-state index in [2.05, 4.69) is 20.7 Å². The second-order valence-electron chi connectivity index (χ2n) is 8.07. The number of para-hydroxylation sites is 2. The van der Waals surface area contributed by atoms with Crippen LogP contribution >= 0.6 is 0 Å². The molecule has 0 radical (unpaired) electrons. The summed E-state index contributed by atoms with van der Waals surface area (Å²) in [6.45, 7) is 5.37. The predicted molar refractivity (Wildman–Crippen MR) is 137 cm³/mol. The first kappa shape index (κ1) is 25.6. The summed E-state index contributed by atoms with van der Waals surface area (Å²) in [6.07, 6.45) is 0. The van der Waals surface area contributed by atoms with Crippen molar-refractivity contribution in [3.05, 3.63) is 77.9 Å². The Balaban J connectivity index is 1.75. The SMILES string of the molecule is COc1ccccc1NS(=O)(=O)c1cc(NC(=O)c2ccc(NC(=O)NC(C)C)cc2)ccc1C. The monoisotopic (exact) mass is 496 g/mol. The zero-order valence-corrected chi connectivity index (χ0v) is 20.7. The summed E-state index contributed by atoms with van der Waals surface area (Å²) in [6, 6.07) is 17.3. The summed E-state index contributed by atoms with van der Waals surface area (Å²) in [5, 5.41) is 8.11. The van der Waals surface area contributed by atoms with Crippen LogP contribution in [0.1, 0.15) is 29.8 Å². The van der Waals surface area contributed by atoms with Gasteiger partial charge in [0.15, 0.2) is 0 Å². The molecule has 3 amide bonds. The van der Waals surface area contributed by atoms with Crippen LogP contribution < -0.4 is 25.4 Å². The third-order valence-corrected chi connectivity index (χ3v) is 6.42. The van der Waals surface area contributed by atoms with Crippen molar-refractivity contribution >= 4 is 39.0 Å². The molecule has 4 N–H and O–H groups in total. The summed E-state index contributed by atoms with van der Waals surface area (Å²) in [4.78, 5) is 24.6. The van der Waals surface area contributed by atoms with E-state index in [1.807, 2.05) is 13.8 Å². The summed E-state index contributed by atoms with van der Waals surface area (Å²) in [5.41, 5.74) is 2.02.